The lowest BCUT2D eigenvalue weighted by Gasteiger charge is -2.48. The highest BCUT2D eigenvalue weighted by molar-refractivity contribution is 5.77. The number of hydrogen-bond acceptors (Lipinski definition) is 7. The SMILES string of the molecule is COc1cc(N2CCC[C@]3(CCC(=O)N(Cc4cnc(C)cn4)C3)C2)ncn1. The molecular weight excluding hydrogens is 356 g/mol. The molecule has 2 aromatic rings. The minimum absolute atomic E-state index is 0.0858. The van der Waals surface area contributed by atoms with Crippen molar-refractivity contribution in [1.29, 1.82) is 0 Å². The smallest absolute Gasteiger partial charge is 0.222 e. The van der Waals surface area contributed by atoms with Gasteiger partial charge in [0.2, 0.25) is 11.8 Å². The molecule has 0 aromatic carbocycles. The molecule has 0 N–H and O–H groups in total. The van der Waals surface area contributed by atoms with Gasteiger partial charge in [0.1, 0.15) is 12.1 Å². The van der Waals surface area contributed by atoms with Crippen LogP contribution in [-0.4, -0.2) is 57.5 Å². The van der Waals surface area contributed by atoms with Crippen LogP contribution in [-0.2, 0) is 11.3 Å². The Hall–Kier alpha value is -2.77. The Morgan fingerprint density at radius 2 is 2.04 bits per heavy atom. The van der Waals surface area contributed by atoms with E-state index in [9.17, 15) is 4.79 Å². The molecule has 4 rings (SSSR count). The number of amides is 1. The van der Waals surface area contributed by atoms with Gasteiger partial charge < -0.3 is 14.5 Å². The van der Waals surface area contributed by atoms with E-state index in [-0.39, 0.29) is 11.3 Å². The Morgan fingerprint density at radius 1 is 1.14 bits per heavy atom. The van der Waals surface area contributed by atoms with Gasteiger partial charge in [0.05, 0.1) is 31.2 Å². The van der Waals surface area contributed by atoms with Crippen LogP contribution in [0.15, 0.2) is 24.8 Å². The van der Waals surface area contributed by atoms with Crippen LogP contribution in [0.25, 0.3) is 0 Å². The van der Waals surface area contributed by atoms with Gasteiger partial charge in [-0.3, -0.25) is 14.8 Å². The zero-order valence-electron chi connectivity index (χ0n) is 16.5. The normalized spacial score (nSPS) is 22.6. The van der Waals surface area contributed by atoms with Gasteiger partial charge in [0.25, 0.3) is 0 Å². The van der Waals surface area contributed by atoms with E-state index in [0.717, 1.165) is 56.1 Å². The van der Waals surface area contributed by atoms with Gasteiger partial charge in [-0.05, 0) is 26.2 Å². The summed E-state index contributed by atoms with van der Waals surface area (Å²) in [6.07, 6.45) is 8.77. The maximum Gasteiger partial charge on any atom is 0.222 e. The van der Waals surface area contributed by atoms with Gasteiger partial charge >= 0.3 is 0 Å². The number of rotatable bonds is 4. The van der Waals surface area contributed by atoms with Gasteiger partial charge in [-0.1, -0.05) is 0 Å². The van der Waals surface area contributed by atoms with Crippen molar-refractivity contribution in [3.05, 3.63) is 36.2 Å². The number of aryl methyl sites for hydroxylation is 1. The second-order valence-electron chi connectivity index (χ2n) is 7.84. The summed E-state index contributed by atoms with van der Waals surface area (Å²) in [6, 6.07) is 1.88. The van der Waals surface area contributed by atoms with Gasteiger partial charge in [0.15, 0.2) is 0 Å². The molecule has 2 saturated heterocycles. The highest BCUT2D eigenvalue weighted by atomic mass is 16.5. The van der Waals surface area contributed by atoms with E-state index in [1.54, 1.807) is 25.8 Å². The molecule has 2 aromatic heterocycles. The lowest BCUT2D eigenvalue weighted by Crippen LogP contribution is -2.54. The third-order valence-electron chi connectivity index (χ3n) is 5.76. The second kappa shape index (κ2) is 7.69. The van der Waals surface area contributed by atoms with Crippen molar-refractivity contribution < 1.29 is 9.53 Å². The molecule has 1 amide bonds. The predicted molar refractivity (Wildman–Crippen MR) is 104 cm³/mol. The summed E-state index contributed by atoms with van der Waals surface area (Å²) in [5.74, 6) is 1.66. The predicted octanol–water partition coefficient (Wildman–Crippen LogP) is 1.99. The van der Waals surface area contributed by atoms with Gasteiger partial charge in [-0.2, -0.15) is 0 Å². The molecule has 0 radical (unpaired) electrons. The zero-order valence-corrected chi connectivity index (χ0v) is 16.5. The van der Waals surface area contributed by atoms with Crippen LogP contribution in [0.1, 0.15) is 37.1 Å². The summed E-state index contributed by atoms with van der Waals surface area (Å²) in [7, 11) is 1.61. The number of aromatic nitrogens is 4. The fourth-order valence-corrected chi connectivity index (χ4v) is 4.29. The molecule has 8 heteroatoms. The summed E-state index contributed by atoms with van der Waals surface area (Å²) in [6.45, 7) is 5.03. The average molecular weight is 382 g/mol. The second-order valence-corrected chi connectivity index (χ2v) is 7.84. The maximum absolute atomic E-state index is 12.6. The summed E-state index contributed by atoms with van der Waals surface area (Å²) in [5.41, 5.74) is 1.81. The van der Waals surface area contributed by atoms with E-state index in [0.29, 0.717) is 18.8 Å². The first-order valence-corrected chi connectivity index (χ1v) is 9.73. The molecule has 1 spiro atoms. The first kappa shape index (κ1) is 18.6. The van der Waals surface area contributed by atoms with Crippen LogP contribution in [0.5, 0.6) is 5.88 Å². The van der Waals surface area contributed by atoms with Gasteiger partial charge in [0, 0.05) is 43.7 Å². The van der Waals surface area contributed by atoms with Crippen molar-refractivity contribution >= 4 is 11.7 Å². The molecule has 0 unspecified atom stereocenters. The van der Waals surface area contributed by atoms with Crippen molar-refractivity contribution in [2.45, 2.75) is 39.2 Å². The molecule has 4 heterocycles. The third kappa shape index (κ3) is 3.90. The Morgan fingerprint density at radius 3 is 2.82 bits per heavy atom. The standard InChI is InChI=1S/C20H26N6O2/c1-15-9-22-16(10-21-15)11-26-13-20(6-4-19(26)27)5-3-7-25(12-20)17-8-18(28-2)24-14-23-17/h8-10,14H,3-7,11-13H2,1-2H3/t20-/m0/s1. The molecule has 2 aliphatic heterocycles. The molecular formula is C20H26N6O2. The van der Waals surface area contributed by atoms with Crippen molar-refractivity contribution in [2.75, 3.05) is 31.6 Å². The molecule has 2 fully saturated rings. The first-order chi connectivity index (χ1) is 13.6. The summed E-state index contributed by atoms with van der Waals surface area (Å²) >= 11 is 0. The van der Waals surface area contributed by atoms with E-state index in [1.807, 2.05) is 17.9 Å². The van der Waals surface area contributed by atoms with E-state index in [4.69, 9.17) is 4.74 Å². The van der Waals surface area contributed by atoms with Crippen LogP contribution in [0.2, 0.25) is 0 Å². The van der Waals surface area contributed by atoms with Crippen LogP contribution in [0.4, 0.5) is 5.82 Å². The van der Waals surface area contributed by atoms with Gasteiger partial charge in [-0.15, -0.1) is 0 Å². The lowest BCUT2D eigenvalue weighted by molar-refractivity contribution is -0.138. The van der Waals surface area contributed by atoms with Crippen molar-refractivity contribution in [2.24, 2.45) is 5.41 Å². The Kier molecular flexibility index (Phi) is 5.11. The number of ether oxygens (including phenoxy) is 1. The van der Waals surface area contributed by atoms with E-state index >= 15 is 0 Å². The zero-order chi connectivity index (χ0) is 19.6. The van der Waals surface area contributed by atoms with Crippen LogP contribution >= 0.6 is 0 Å². The minimum Gasteiger partial charge on any atom is -0.481 e. The number of anilines is 1. The average Bonchev–Trinajstić information content (AvgIpc) is 2.73. The minimum atomic E-state index is 0.0858. The molecule has 0 bridgehead atoms. The van der Waals surface area contributed by atoms with Crippen molar-refractivity contribution in [1.82, 2.24) is 24.8 Å². The largest absolute Gasteiger partial charge is 0.481 e. The number of nitrogens with zero attached hydrogens (tertiary/aromatic N) is 6. The Labute approximate surface area is 165 Å². The third-order valence-corrected chi connectivity index (χ3v) is 5.76. The van der Waals surface area contributed by atoms with Crippen LogP contribution < -0.4 is 9.64 Å². The monoisotopic (exact) mass is 382 g/mol. The molecule has 1 atom stereocenters. The first-order valence-electron chi connectivity index (χ1n) is 9.73. The van der Waals surface area contributed by atoms with Crippen LogP contribution in [0, 0.1) is 12.3 Å². The lowest BCUT2D eigenvalue weighted by atomic mass is 9.73. The highest BCUT2D eigenvalue weighted by Crippen LogP contribution is 2.40. The molecule has 148 valence electrons. The van der Waals surface area contributed by atoms with Crippen molar-refractivity contribution in [3.63, 3.8) is 0 Å². The van der Waals surface area contributed by atoms with E-state index < -0.39 is 0 Å². The molecule has 0 saturated carbocycles. The summed E-state index contributed by atoms with van der Waals surface area (Å²) in [4.78, 5) is 34.1. The van der Waals surface area contributed by atoms with E-state index in [1.165, 1.54) is 0 Å². The molecule has 2 aliphatic rings. The Bertz CT molecular complexity index is 843. The number of methoxy groups -OCH3 is 1. The number of carbonyl (C=O) groups excluding carboxylic acids is 1. The fourth-order valence-electron chi connectivity index (χ4n) is 4.29. The topological polar surface area (TPSA) is 84.3 Å². The molecule has 28 heavy (non-hydrogen) atoms. The Balaban J connectivity index is 1.49. The summed E-state index contributed by atoms with van der Waals surface area (Å²) < 4.78 is 5.24. The highest BCUT2D eigenvalue weighted by Gasteiger charge is 2.42. The molecule has 8 nitrogen and oxygen atoms in total. The number of carbonyl (C=O) groups is 1. The molecule has 0 aliphatic carbocycles. The van der Waals surface area contributed by atoms with Crippen LogP contribution in [0.3, 0.4) is 0 Å². The maximum atomic E-state index is 12.6. The number of likely N-dealkylation sites (tertiary alicyclic amines) is 1. The summed E-state index contributed by atoms with van der Waals surface area (Å²) in [5, 5.41) is 0. The van der Waals surface area contributed by atoms with Gasteiger partial charge in [-0.25, -0.2) is 9.97 Å². The van der Waals surface area contributed by atoms with E-state index in [2.05, 4.69) is 24.8 Å². The quantitative estimate of drug-likeness (QED) is 0.799. The number of piperidine rings is 2. The fraction of sp³-hybridized carbons (Fsp3) is 0.550. The van der Waals surface area contributed by atoms with Crippen molar-refractivity contribution in [3.8, 4) is 5.88 Å². The number of hydrogen-bond donors (Lipinski definition) is 0.